The van der Waals surface area contributed by atoms with Crippen LogP contribution in [0, 0.1) is 18.4 Å². The van der Waals surface area contributed by atoms with E-state index in [4.69, 9.17) is 6.42 Å². The molecule has 0 atom stereocenters. The van der Waals surface area contributed by atoms with E-state index < -0.39 is 0 Å². The number of allylic oxidation sites excluding steroid dienone is 3. The van der Waals surface area contributed by atoms with Gasteiger partial charge in [0.15, 0.2) is 0 Å². The summed E-state index contributed by atoms with van der Waals surface area (Å²) in [4.78, 5) is 2.13. The molecule has 1 nitrogen and oxygen atoms in total. The molecule has 0 spiro atoms. The van der Waals surface area contributed by atoms with Gasteiger partial charge in [-0.25, -0.2) is 0 Å². The molecule has 0 aromatic heterocycles. The van der Waals surface area contributed by atoms with Crippen LogP contribution in [0.2, 0.25) is 0 Å². The third kappa shape index (κ3) is 3.02. The number of terminal acetylenes is 1. The molecule has 1 aromatic carbocycles. The van der Waals surface area contributed by atoms with Crippen LogP contribution in [0.4, 0.5) is 0 Å². The van der Waals surface area contributed by atoms with Crippen LogP contribution in [0.25, 0.3) is 5.70 Å². The number of benzene rings is 1. The average molecular weight is 309 g/mol. The molecule has 0 amide bonds. The zero-order valence-electron chi connectivity index (χ0n) is 10.5. The normalized spacial score (nSPS) is 13.7. The largest absolute Gasteiger partial charge is 0.376 e. The Morgan fingerprint density at radius 1 is 1.33 bits per heavy atom. The maximum atomic E-state index is 5.35. The second-order valence-electron chi connectivity index (χ2n) is 3.78. The Morgan fingerprint density at radius 3 is 2.56 bits per heavy atom. The molecule has 0 N–H and O–H groups in total. The van der Waals surface area contributed by atoms with Gasteiger partial charge < -0.3 is 4.90 Å². The first-order valence-corrected chi connectivity index (χ1v) is 5.59. The molecule has 0 saturated heterocycles. The topological polar surface area (TPSA) is 3.24 Å². The van der Waals surface area contributed by atoms with Gasteiger partial charge in [-0.1, -0.05) is 35.9 Å². The van der Waals surface area contributed by atoms with E-state index in [-0.39, 0.29) is 32.7 Å². The van der Waals surface area contributed by atoms with Gasteiger partial charge in [-0.15, -0.1) is 24.6 Å². The summed E-state index contributed by atoms with van der Waals surface area (Å²) >= 11 is 0. The first kappa shape index (κ1) is 15.0. The van der Waals surface area contributed by atoms with Crippen molar-refractivity contribution in [2.75, 3.05) is 6.54 Å². The molecule has 1 radical (unpaired) electrons. The maximum absolute atomic E-state index is 5.35. The molecule has 1 aliphatic rings. The number of rotatable bonds is 2. The van der Waals surface area contributed by atoms with Crippen molar-refractivity contribution in [1.29, 1.82) is 0 Å². The van der Waals surface area contributed by atoms with Crippen molar-refractivity contribution in [3.05, 3.63) is 65.9 Å². The Hall–Kier alpha value is -1.10. The van der Waals surface area contributed by atoms with E-state index >= 15 is 0 Å². The summed E-state index contributed by atoms with van der Waals surface area (Å²) in [6.45, 7) is 7.00. The van der Waals surface area contributed by atoms with Gasteiger partial charge in [-0.05, 0) is 12.6 Å². The van der Waals surface area contributed by atoms with E-state index in [9.17, 15) is 0 Å². The Morgan fingerprint density at radius 2 is 2.00 bits per heavy atom. The first-order valence-electron chi connectivity index (χ1n) is 5.59. The molecule has 0 aliphatic carbocycles. The zero-order valence-corrected chi connectivity index (χ0v) is 13.3. The second kappa shape index (κ2) is 6.73. The van der Waals surface area contributed by atoms with Crippen LogP contribution in [0.1, 0.15) is 18.1 Å². The molecule has 2 heteroatoms. The van der Waals surface area contributed by atoms with Gasteiger partial charge in [0, 0.05) is 44.8 Å². The Balaban J connectivity index is 0.00000162. The Bertz CT molecular complexity index is 529. The van der Waals surface area contributed by atoms with Gasteiger partial charge in [-0.3, -0.25) is 0 Å². The van der Waals surface area contributed by atoms with Crippen molar-refractivity contribution in [2.45, 2.75) is 6.92 Å². The van der Waals surface area contributed by atoms with Crippen molar-refractivity contribution in [1.82, 2.24) is 4.90 Å². The van der Waals surface area contributed by atoms with Gasteiger partial charge in [0.1, 0.15) is 0 Å². The van der Waals surface area contributed by atoms with Crippen molar-refractivity contribution < 1.29 is 32.7 Å². The van der Waals surface area contributed by atoms with E-state index in [1.54, 1.807) is 0 Å². The maximum Gasteiger partial charge on any atom is 0.0222 e. The smallest absolute Gasteiger partial charge is 0.0222 e. The Kier molecular flexibility index (Phi) is 5.60. The fraction of sp³-hybridized carbons (Fsp3) is 0.125. The minimum atomic E-state index is 0. The number of hydrogen-bond donors (Lipinski definition) is 0. The molecule has 87 valence electrons. The van der Waals surface area contributed by atoms with Crippen molar-refractivity contribution in [3.8, 4) is 12.3 Å². The van der Waals surface area contributed by atoms with Gasteiger partial charge in [0.25, 0.3) is 0 Å². The summed E-state index contributed by atoms with van der Waals surface area (Å²) in [6, 6.07) is 7.93. The summed E-state index contributed by atoms with van der Waals surface area (Å²) in [7, 11) is 0. The van der Waals surface area contributed by atoms with Crippen LogP contribution in [-0.2, 0) is 32.7 Å². The monoisotopic (exact) mass is 309 g/mol. The van der Waals surface area contributed by atoms with Crippen molar-refractivity contribution >= 4 is 5.70 Å². The van der Waals surface area contributed by atoms with E-state index in [1.807, 2.05) is 36.4 Å². The Labute approximate surface area is 134 Å². The molecular weight excluding hydrogens is 295 g/mol. The fourth-order valence-corrected chi connectivity index (χ4v) is 1.85. The minimum Gasteiger partial charge on any atom is -0.376 e. The quantitative estimate of drug-likeness (QED) is 0.599. The number of nitrogens with zero attached hydrogens (tertiary/aromatic N) is 1. The van der Waals surface area contributed by atoms with Gasteiger partial charge in [-0.2, -0.15) is 12.2 Å². The third-order valence-electron chi connectivity index (χ3n) is 2.75. The van der Waals surface area contributed by atoms with Crippen molar-refractivity contribution in [3.63, 3.8) is 0 Å². The number of hydrogen-bond acceptors (Lipinski definition) is 1. The van der Waals surface area contributed by atoms with Gasteiger partial charge in [0.05, 0.1) is 0 Å². The van der Waals surface area contributed by atoms with Gasteiger partial charge >= 0.3 is 0 Å². The van der Waals surface area contributed by atoms with Crippen LogP contribution >= 0.6 is 0 Å². The van der Waals surface area contributed by atoms with Gasteiger partial charge in [0.2, 0.25) is 0 Å². The van der Waals surface area contributed by atoms with Crippen LogP contribution in [0.5, 0.6) is 0 Å². The van der Waals surface area contributed by atoms with E-state index in [0.717, 1.165) is 29.1 Å². The van der Waals surface area contributed by atoms with E-state index in [0.29, 0.717) is 0 Å². The van der Waals surface area contributed by atoms with Crippen LogP contribution < -0.4 is 0 Å². The summed E-state index contributed by atoms with van der Waals surface area (Å²) < 4.78 is 0. The zero-order chi connectivity index (χ0) is 12.3. The average Bonchev–Trinajstić information content (AvgIpc) is 2.38. The first-order chi connectivity index (χ1) is 8.26. The molecule has 1 aliphatic heterocycles. The summed E-state index contributed by atoms with van der Waals surface area (Å²) in [5.41, 5.74) is 4.03. The molecule has 1 heterocycles. The minimum absolute atomic E-state index is 0. The molecule has 0 unspecified atom stereocenters. The van der Waals surface area contributed by atoms with E-state index in [1.165, 1.54) is 0 Å². The second-order valence-corrected chi connectivity index (χ2v) is 3.78. The standard InChI is InChI=1S/C16H14N.Y/c1-4-14-9-11-15(12-10-14)16-8-6-7-13(3)17(16)5-2;/h1,6-7,9-12H,3,5H2,2H3;/q-1;. The van der Waals surface area contributed by atoms with Crippen LogP contribution in [0.3, 0.4) is 0 Å². The van der Waals surface area contributed by atoms with E-state index in [2.05, 4.69) is 30.4 Å². The molecule has 18 heavy (non-hydrogen) atoms. The molecular formula is C16H14NY-. The number of likely N-dealkylation sites (N-methyl/N-ethyl adjacent to an activating group) is 1. The predicted octanol–water partition coefficient (Wildman–Crippen LogP) is 3.21. The molecule has 1 aromatic rings. The molecule has 2 rings (SSSR count). The van der Waals surface area contributed by atoms with Crippen LogP contribution in [-0.4, -0.2) is 11.4 Å². The predicted molar refractivity (Wildman–Crippen MR) is 71.7 cm³/mol. The molecule has 0 bridgehead atoms. The van der Waals surface area contributed by atoms with Crippen LogP contribution in [0.15, 0.2) is 48.7 Å². The third-order valence-corrected chi connectivity index (χ3v) is 2.75. The summed E-state index contributed by atoms with van der Waals surface area (Å²) in [5, 5.41) is 0. The summed E-state index contributed by atoms with van der Waals surface area (Å²) in [5.74, 6) is 2.62. The SMILES string of the molecule is C#Cc1ccc(C2=[C-]C=CC(=C)N2CC)cc1.[Y]. The van der Waals surface area contributed by atoms with Crippen molar-refractivity contribution in [2.24, 2.45) is 0 Å². The molecule has 0 saturated carbocycles. The molecule has 0 fully saturated rings. The summed E-state index contributed by atoms with van der Waals surface area (Å²) in [6.07, 6.45) is 12.5. The fourth-order valence-electron chi connectivity index (χ4n) is 1.85.